The second-order valence-corrected chi connectivity index (χ2v) is 9.73. The van der Waals surface area contributed by atoms with E-state index in [-0.39, 0.29) is 16.6 Å². The van der Waals surface area contributed by atoms with E-state index in [2.05, 4.69) is 34.3 Å². The summed E-state index contributed by atoms with van der Waals surface area (Å²) in [6.45, 7) is 4.49. The third-order valence-corrected chi connectivity index (χ3v) is 7.69. The minimum absolute atomic E-state index is 0.0884. The van der Waals surface area contributed by atoms with Crippen molar-refractivity contribution in [2.24, 2.45) is 5.92 Å². The second-order valence-electron chi connectivity index (χ2n) is 7.91. The molecule has 3 aromatic rings. The average molecular weight is 449 g/mol. The first kappa shape index (κ1) is 21.8. The number of rotatable bonds is 7. The molecule has 2 atom stereocenters. The zero-order chi connectivity index (χ0) is 22.7. The van der Waals surface area contributed by atoms with Gasteiger partial charge in [0.2, 0.25) is 0 Å². The summed E-state index contributed by atoms with van der Waals surface area (Å²) in [7, 11) is -3.82. The Morgan fingerprint density at radius 2 is 1.97 bits per heavy atom. The number of fused-ring (bicyclic) bond motifs is 1. The van der Waals surface area contributed by atoms with Crippen molar-refractivity contribution in [3.05, 3.63) is 54.4 Å². The van der Waals surface area contributed by atoms with Crippen molar-refractivity contribution in [2.75, 3.05) is 25.0 Å². The van der Waals surface area contributed by atoms with Gasteiger partial charge in [-0.3, -0.25) is 4.90 Å². The van der Waals surface area contributed by atoms with Crippen LogP contribution in [0.1, 0.15) is 25.3 Å². The summed E-state index contributed by atoms with van der Waals surface area (Å²) in [6.07, 6.45) is 4.34. The number of nitriles is 2. The summed E-state index contributed by atoms with van der Waals surface area (Å²) in [4.78, 5) is 6.74. The summed E-state index contributed by atoms with van der Waals surface area (Å²) in [5, 5.41) is 22.7. The Morgan fingerprint density at radius 3 is 2.66 bits per heavy atom. The number of hydrogen-bond donors (Lipinski definition) is 1. The molecule has 4 rings (SSSR count). The lowest BCUT2D eigenvalue weighted by Gasteiger charge is -2.21. The van der Waals surface area contributed by atoms with E-state index in [1.54, 1.807) is 36.4 Å². The smallest absolute Gasteiger partial charge is 0.269 e. The highest BCUT2D eigenvalue weighted by atomic mass is 32.2. The lowest BCUT2D eigenvalue weighted by Crippen LogP contribution is -2.29. The molecule has 32 heavy (non-hydrogen) atoms. The third kappa shape index (κ3) is 3.93. The fourth-order valence-corrected chi connectivity index (χ4v) is 5.64. The van der Waals surface area contributed by atoms with Crippen LogP contribution in [0.15, 0.2) is 53.7 Å². The summed E-state index contributed by atoms with van der Waals surface area (Å²) < 4.78 is 27.5. The van der Waals surface area contributed by atoms with Gasteiger partial charge in [0.25, 0.3) is 10.0 Å². The largest absolute Gasteiger partial charge is 0.379 e. The first-order chi connectivity index (χ1) is 15.5. The van der Waals surface area contributed by atoms with Crippen molar-refractivity contribution >= 4 is 26.7 Å². The van der Waals surface area contributed by atoms with Crippen LogP contribution < -0.4 is 5.32 Å². The Balaban J connectivity index is 1.73. The maximum atomic E-state index is 13.2. The van der Waals surface area contributed by atoms with E-state index >= 15 is 0 Å². The lowest BCUT2D eigenvalue weighted by molar-refractivity contribution is 0.330. The summed E-state index contributed by atoms with van der Waals surface area (Å²) in [6, 6.07) is 14.4. The molecule has 2 aromatic heterocycles. The molecular weight excluding hydrogens is 424 g/mol. The minimum atomic E-state index is -3.82. The van der Waals surface area contributed by atoms with Crippen LogP contribution >= 0.6 is 0 Å². The zero-order valence-electron chi connectivity index (χ0n) is 17.8. The predicted octanol–water partition coefficient (Wildman–Crippen LogP) is 3.18. The molecule has 0 aliphatic carbocycles. The van der Waals surface area contributed by atoms with Gasteiger partial charge in [-0.05, 0) is 24.1 Å². The van der Waals surface area contributed by atoms with Crippen LogP contribution in [0.5, 0.6) is 0 Å². The Labute approximate surface area is 187 Å². The molecule has 0 amide bonds. The number of aromatic nitrogens is 2. The number of hydrogen-bond acceptors (Lipinski definition) is 7. The van der Waals surface area contributed by atoms with Gasteiger partial charge >= 0.3 is 0 Å². The molecule has 1 aromatic carbocycles. The highest BCUT2D eigenvalue weighted by Gasteiger charge is 2.32. The van der Waals surface area contributed by atoms with E-state index in [1.807, 2.05) is 0 Å². The number of pyridine rings is 1. The lowest BCUT2D eigenvalue weighted by atomic mass is 10.00. The highest BCUT2D eigenvalue weighted by Crippen LogP contribution is 2.32. The molecule has 0 bridgehead atoms. The molecule has 2 unspecified atom stereocenters. The van der Waals surface area contributed by atoms with Gasteiger partial charge in [0, 0.05) is 49.9 Å². The molecule has 1 N–H and O–H groups in total. The number of likely N-dealkylation sites (tertiary alicyclic amines) is 1. The number of nitrogens with one attached hydrogen (secondary N) is 1. The molecule has 8 nitrogen and oxygen atoms in total. The monoisotopic (exact) mass is 448 g/mol. The molecule has 164 valence electrons. The Morgan fingerprint density at radius 1 is 1.19 bits per heavy atom. The van der Waals surface area contributed by atoms with Crippen LogP contribution in [0.2, 0.25) is 0 Å². The first-order valence-electron chi connectivity index (χ1n) is 10.6. The van der Waals surface area contributed by atoms with Crippen molar-refractivity contribution in [1.82, 2.24) is 13.9 Å². The van der Waals surface area contributed by atoms with Crippen molar-refractivity contribution in [2.45, 2.75) is 30.7 Å². The van der Waals surface area contributed by atoms with Gasteiger partial charge in [0.15, 0.2) is 5.65 Å². The topological polar surface area (TPSA) is 115 Å². The van der Waals surface area contributed by atoms with E-state index in [0.29, 0.717) is 35.5 Å². The predicted molar refractivity (Wildman–Crippen MR) is 121 cm³/mol. The first-order valence-corrected chi connectivity index (χ1v) is 12.0. The van der Waals surface area contributed by atoms with Crippen molar-refractivity contribution < 1.29 is 8.42 Å². The Kier molecular flexibility index (Phi) is 6.13. The van der Waals surface area contributed by atoms with Gasteiger partial charge in [-0.2, -0.15) is 10.5 Å². The number of anilines is 1. The van der Waals surface area contributed by atoms with Crippen molar-refractivity contribution in [3.63, 3.8) is 0 Å². The minimum Gasteiger partial charge on any atom is -0.379 e. The number of nitrogens with zero attached hydrogens (tertiary/aromatic N) is 5. The van der Waals surface area contributed by atoms with Crippen molar-refractivity contribution in [1.29, 1.82) is 10.5 Å². The molecular formula is C23H24N6O2S. The van der Waals surface area contributed by atoms with Crippen molar-refractivity contribution in [3.8, 4) is 12.1 Å². The van der Waals surface area contributed by atoms with Gasteiger partial charge in [0.1, 0.15) is 6.07 Å². The molecule has 1 aliphatic rings. The Hall–Kier alpha value is -3.40. The van der Waals surface area contributed by atoms with Crippen LogP contribution in [0, 0.1) is 28.6 Å². The van der Waals surface area contributed by atoms with E-state index in [9.17, 15) is 13.7 Å². The molecule has 0 radical (unpaired) electrons. The van der Waals surface area contributed by atoms with E-state index in [1.165, 1.54) is 12.4 Å². The van der Waals surface area contributed by atoms with Crippen LogP contribution in [0.25, 0.3) is 11.0 Å². The Bertz CT molecular complexity index is 1300. The summed E-state index contributed by atoms with van der Waals surface area (Å²) in [5.74, 6) is 0.360. The fraction of sp³-hybridized carbons (Fsp3) is 0.348. The van der Waals surface area contributed by atoms with E-state index < -0.39 is 10.0 Å². The van der Waals surface area contributed by atoms with Gasteiger partial charge < -0.3 is 5.32 Å². The van der Waals surface area contributed by atoms with E-state index in [4.69, 9.17) is 5.26 Å². The van der Waals surface area contributed by atoms with Crippen LogP contribution in [-0.4, -0.2) is 48.0 Å². The van der Waals surface area contributed by atoms with Gasteiger partial charge in [-0.25, -0.2) is 17.4 Å². The quantitative estimate of drug-likeness (QED) is 0.590. The molecule has 0 spiro atoms. The maximum absolute atomic E-state index is 13.2. The molecule has 0 saturated carbocycles. The fourth-order valence-electron chi connectivity index (χ4n) is 4.32. The summed E-state index contributed by atoms with van der Waals surface area (Å²) >= 11 is 0. The molecule has 9 heteroatoms. The summed E-state index contributed by atoms with van der Waals surface area (Å²) in [5.41, 5.74) is 1.26. The molecule has 1 aliphatic heterocycles. The van der Waals surface area contributed by atoms with E-state index in [0.717, 1.165) is 23.5 Å². The SMILES string of the molecule is CCC1CN(CCC#N)CC1Nc1c(C#N)cnc2c1ccn2S(=O)(=O)c1ccccc1. The van der Waals surface area contributed by atoms with Gasteiger partial charge in [-0.1, -0.05) is 31.5 Å². The molecule has 1 fully saturated rings. The van der Waals surface area contributed by atoms with Crippen LogP contribution in [-0.2, 0) is 10.0 Å². The van der Waals surface area contributed by atoms with Crippen LogP contribution in [0.4, 0.5) is 5.69 Å². The molecule has 1 saturated heterocycles. The standard InChI is InChI=1S/C23H24N6O2S/c1-2-17-15-28(11-6-10-24)16-21(17)27-22-18(13-25)14-26-23-20(22)9-12-29(23)32(30,31)19-7-4-3-5-8-19/h3-5,7-9,12,14,17,21H,2,6,11,15-16H2,1H3,(H,26,27). The second kappa shape index (κ2) is 8.99. The normalized spacial score (nSPS) is 19.0. The van der Waals surface area contributed by atoms with Crippen LogP contribution in [0.3, 0.4) is 0 Å². The average Bonchev–Trinajstić information content (AvgIpc) is 3.43. The van der Waals surface area contributed by atoms with Gasteiger partial charge in [0.05, 0.1) is 22.2 Å². The highest BCUT2D eigenvalue weighted by molar-refractivity contribution is 7.90. The maximum Gasteiger partial charge on any atom is 0.269 e. The third-order valence-electron chi connectivity index (χ3n) is 6.01. The zero-order valence-corrected chi connectivity index (χ0v) is 18.6. The molecule has 3 heterocycles. The van der Waals surface area contributed by atoms with Gasteiger partial charge in [-0.15, -0.1) is 0 Å². The number of benzene rings is 1.